The van der Waals surface area contributed by atoms with Crippen molar-refractivity contribution < 1.29 is 18.7 Å². The highest BCUT2D eigenvalue weighted by Crippen LogP contribution is 2.43. The standard InChI is InChI=1S/C29H26BrClFN5O3/c1-15-7-5-10-23(16(15)2)36-28(38)25-17(3)35-29-33-14-34-37(29)26(25)18-11-20(30)27(24(12-18)39-4)40-13-19-21(31)8-6-9-22(19)32/h5-12,14,26H,13H2,1-4H3,(H,36,38)(H,33,34,35). The van der Waals surface area contributed by atoms with Crippen LogP contribution in [0.4, 0.5) is 16.0 Å². The average molecular weight is 627 g/mol. The number of aryl methyl sites for hydroxylation is 1. The summed E-state index contributed by atoms with van der Waals surface area (Å²) in [5.74, 6) is 0.488. The molecule has 11 heteroatoms. The number of hydrogen-bond donors (Lipinski definition) is 2. The molecule has 3 aromatic carbocycles. The average Bonchev–Trinajstić information content (AvgIpc) is 3.38. The summed E-state index contributed by atoms with van der Waals surface area (Å²) in [6.07, 6.45) is 1.43. The van der Waals surface area contributed by atoms with Gasteiger partial charge in [-0.15, -0.1) is 0 Å². The molecule has 1 aliphatic heterocycles. The number of anilines is 2. The van der Waals surface area contributed by atoms with E-state index in [9.17, 15) is 9.18 Å². The smallest absolute Gasteiger partial charge is 0.255 e. The fourth-order valence-electron chi connectivity index (χ4n) is 4.62. The van der Waals surface area contributed by atoms with E-state index in [1.165, 1.54) is 25.6 Å². The van der Waals surface area contributed by atoms with E-state index in [1.807, 2.05) is 45.0 Å². The lowest BCUT2D eigenvalue weighted by Crippen LogP contribution is -2.31. The van der Waals surface area contributed by atoms with Gasteiger partial charge in [-0.3, -0.25) is 4.79 Å². The molecule has 0 bridgehead atoms. The first-order valence-electron chi connectivity index (χ1n) is 12.4. The first-order chi connectivity index (χ1) is 19.2. The van der Waals surface area contributed by atoms with Crippen LogP contribution in [0.1, 0.15) is 35.2 Å². The lowest BCUT2D eigenvalue weighted by atomic mass is 9.94. The summed E-state index contributed by atoms with van der Waals surface area (Å²) < 4.78 is 28.2. The van der Waals surface area contributed by atoms with Crippen molar-refractivity contribution in [3.8, 4) is 11.5 Å². The van der Waals surface area contributed by atoms with Crippen molar-refractivity contribution in [1.29, 1.82) is 0 Å². The topological polar surface area (TPSA) is 90.3 Å². The number of amides is 1. The van der Waals surface area contributed by atoms with Crippen LogP contribution >= 0.6 is 27.5 Å². The van der Waals surface area contributed by atoms with Crippen LogP contribution in [0.2, 0.25) is 5.02 Å². The Morgan fingerprint density at radius 2 is 1.98 bits per heavy atom. The molecule has 8 nitrogen and oxygen atoms in total. The first-order valence-corrected chi connectivity index (χ1v) is 13.5. The van der Waals surface area contributed by atoms with Gasteiger partial charge >= 0.3 is 0 Å². The lowest BCUT2D eigenvalue weighted by Gasteiger charge is -2.29. The summed E-state index contributed by atoms with van der Waals surface area (Å²) in [7, 11) is 1.51. The van der Waals surface area contributed by atoms with Crippen LogP contribution in [-0.2, 0) is 11.4 Å². The molecular formula is C29H26BrClFN5O3. The third kappa shape index (κ3) is 5.16. The molecule has 0 aliphatic carbocycles. The minimum atomic E-state index is -0.635. The summed E-state index contributed by atoms with van der Waals surface area (Å²) in [5, 5.41) is 10.9. The molecule has 40 heavy (non-hydrogen) atoms. The first kappa shape index (κ1) is 27.7. The van der Waals surface area contributed by atoms with Gasteiger partial charge in [0.15, 0.2) is 11.5 Å². The van der Waals surface area contributed by atoms with E-state index in [2.05, 4.69) is 36.6 Å². The number of carbonyl (C=O) groups is 1. The zero-order valence-electron chi connectivity index (χ0n) is 22.2. The van der Waals surface area contributed by atoms with Gasteiger partial charge in [0.05, 0.1) is 22.2 Å². The molecule has 1 aromatic heterocycles. The largest absolute Gasteiger partial charge is 0.493 e. The Morgan fingerprint density at radius 3 is 2.73 bits per heavy atom. The SMILES string of the molecule is COc1cc(C2C(C(=O)Nc3cccc(C)c3C)=C(C)Nc3ncnn32)cc(Br)c1OCc1c(F)cccc1Cl. The number of allylic oxidation sites excluding steroid dienone is 1. The molecule has 2 heterocycles. The van der Waals surface area contributed by atoms with Crippen LogP contribution in [0.5, 0.6) is 11.5 Å². The summed E-state index contributed by atoms with van der Waals surface area (Å²) >= 11 is 9.76. The van der Waals surface area contributed by atoms with Crippen LogP contribution in [0.3, 0.4) is 0 Å². The Balaban J connectivity index is 1.53. The molecule has 2 N–H and O–H groups in total. The number of ether oxygens (including phenoxy) is 2. The number of hydrogen-bond acceptors (Lipinski definition) is 6. The van der Waals surface area contributed by atoms with Crippen molar-refractivity contribution in [3.63, 3.8) is 0 Å². The van der Waals surface area contributed by atoms with E-state index in [0.29, 0.717) is 38.8 Å². The fraction of sp³-hybridized carbons (Fsp3) is 0.207. The van der Waals surface area contributed by atoms with Gasteiger partial charge < -0.3 is 20.1 Å². The number of rotatable bonds is 7. The van der Waals surface area contributed by atoms with Crippen LogP contribution in [0, 0.1) is 19.7 Å². The number of methoxy groups -OCH3 is 1. The number of benzene rings is 3. The maximum atomic E-state index is 14.3. The van der Waals surface area contributed by atoms with Gasteiger partial charge in [0.25, 0.3) is 5.91 Å². The minimum absolute atomic E-state index is 0.108. The van der Waals surface area contributed by atoms with Gasteiger partial charge in [0.1, 0.15) is 24.8 Å². The highest BCUT2D eigenvalue weighted by molar-refractivity contribution is 9.10. The Labute approximate surface area is 244 Å². The number of fused-ring (bicyclic) bond motifs is 1. The Hall–Kier alpha value is -3.89. The van der Waals surface area contributed by atoms with E-state index in [1.54, 1.807) is 16.8 Å². The maximum Gasteiger partial charge on any atom is 0.255 e. The van der Waals surface area contributed by atoms with E-state index >= 15 is 0 Å². The highest BCUT2D eigenvalue weighted by atomic mass is 79.9. The van der Waals surface area contributed by atoms with Gasteiger partial charge in [0, 0.05) is 16.9 Å². The van der Waals surface area contributed by atoms with Gasteiger partial charge in [-0.2, -0.15) is 10.1 Å². The molecule has 1 atom stereocenters. The molecule has 1 aliphatic rings. The Bertz CT molecular complexity index is 1630. The van der Waals surface area contributed by atoms with Crippen molar-refractivity contribution in [2.75, 3.05) is 17.7 Å². The van der Waals surface area contributed by atoms with Crippen molar-refractivity contribution in [2.45, 2.75) is 33.4 Å². The van der Waals surface area contributed by atoms with Gasteiger partial charge in [-0.1, -0.05) is 29.8 Å². The molecule has 0 spiro atoms. The molecule has 0 radical (unpaired) electrons. The lowest BCUT2D eigenvalue weighted by molar-refractivity contribution is -0.113. The van der Waals surface area contributed by atoms with Crippen molar-refractivity contribution in [2.24, 2.45) is 0 Å². The van der Waals surface area contributed by atoms with Gasteiger partial charge in [0.2, 0.25) is 5.95 Å². The van der Waals surface area contributed by atoms with E-state index in [0.717, 1.165) is 16.8 Å². The summed E-state index contributed by atoms with van der Waals surface area (Å²) in [4.78, 5) is 18.1. The number of carbonyl (C=O) groups excluding carboxylic acids is 1. The number of halogens is 3. The molecule has 0 saturated heterocycles. The number of aromatic nitrogens is 3. The molecule has 5 rings (SSSR count). The van der Waals surface area contributed by atoms with Crippen LogP contribution < -0.4 is 20.1 Å². The number of nitrogens with zero attached hydrogens (tertiary/aromatic N) is 3. The molecule has 4 aromatic rings. The maximum absolute atomic E-state index is 14.3. The quantitative estimate of drug-likeness (QED) is 0.230. The minimum Gasteiger partial charge on any atom is -0.493 e. The third-order valence-electron chi connectivity index (χ3n) is 6.88. The second-order valence-corrected chi connectivity index (χ2v) is 10.6. The molecular weight excluding hydrogens is 601 g/mol. The zero-order chi connectivity index (χ0) is 28.6. The second kappa shape index (κ2) is 11.3. The van der Waals surface area contributed by atoms with Gasteiger partial charge in [-0.25, -0.2) is 9.07 Å². The van der Waals surface area contributed by atoms with Crippen molar-refractivity contribution in [1.82, 2.24) is 14.8 Å². The molecule has 0 saturated carbocycles. The van der Waals surface area contributed by atoms with Crippen LogP contribution in [0.25, 0.3) is 0 Å². The summed E-state index contributed by atoms with van der Waals surface area (Å²) in [5.41, 5.74) is 4.80. The van der Waals surface area contributed by atoms with Gasteiger partial charge in [-0.05, 0) is 83.7 Å². The predicted molar refractivity (Wildman–Crippen MR) is 155 cm³/mol. The summed E-state index contributed by atoms with van der Waals surface area (Å²) in [6.45, 7) is 5.68. The number of nitrogens with one attached hydrogen (secondary N) is 2. The van der Waals surface area contributed by atoms with Crippen LogP contribution in [0.15, 0.2) is 70.6 Å². The van der Waals surface area contributed by atoms with E-state index in [-0.39, 0.29) is 23.1 Å². The predicted octanol–water partition coefficient (Wildman–Crippen LogP) is 6.97. The zero-order valence-corrected chi connectivity index (χ0v) is 24.5. The highest BCUT2D eigenvalue weighted by Gasteiger charge is 2.34. The van der Waals surface area contributed by atoms with Crippen molar-refractivity contribution >= 4 is 45.1 Å². The van der Waals surface area contributed by atoms with Crippen molar-refractivity contribution in [3.05, 3.63) is 104 Å². The van der Waals surface area contributed by atoms with E-state index in [4.69, 9.17) is 21.1 Å². The summed E-state index contributed by atoms with van der Waals surface area (Å²) in [6, 6.07) is 13.2. The third-order valence-corrected chi connectivity index (χ3v) is 7.83. The van der Waals surface area contributed by atoms with E-state index < -0.39 is 11.9 Å². The normalized spacial score (nSPS) is 14.4. The second-order valence-electron chi connectivity index (χ2n) is 9.32. The molecule has 1 unspecified atom stereocenters. The molecule has 206 valence electrons. The fourth-order valence-corrected chi connectivity index (χ4v) is 5.41. The van der Waals surface area contributed by atoms with Crippen LogP contribution in [-0.4, -0.2) is 27.8 Å². The Kier molecular flexibility index (Phi) is 7.82. The monoisotopic (exact) mass is 625 g/mol. The Morgan fingerprint density at radius 1 is 1.20 bits per heavy atom. The molecule has 1 amide bonds. The molecule has 0 fully saturated rings.